The quantitative estimate of drug-likeness (QED) is 0.218. The van der Waals surface area contributed by atoms with Gasteiger partial charge in [0.05, 0.1) is 0 Å². The van der Waals surface area contributed by atoms with E-state index < -0.39 is 16.6 Å². The molecule has 0 unspecified atom stereocenters. The van der Waals surface area contributed by atoms with Crippen LogP contribution >= 0.6 is 0 Å². The van der Waals surface area contributed by atoms with Crippen molar-refractivity contribution in [2.75, 3.05) is 0 Å². The molecule has 6 fully saturated rings. The zero-order chi connectivity index (χ0) is 37.9. The Morgan fingerprint density at radius 3 is 0.582 bits per heavy atom. The van der Waals surface area contributed by atoms with Crippen molar-refractivity contribution in [2.24, 2.45) is 0 Å². The van der Waals surface area contributed by atoms with Crippen LogP contribution in [0.15, 0.2) is 60.7 Å². The number of phenols is 2. The first-order valence-electron chi connectivity index (χ1n) is 23.3. The summed E-state index contributed by atoms with van der Waals surface area (Å²) in [4.78, 5) is 24.0. The van der Waals surface area contributed by atoms with Gasteiger partial charge in [-0.15, -0.1) is 0 Å². The van der Waals surface area contributed by atoms with E-state index >= 15 is 0 Å². The molecule has 308 valence electrons. The number of rotatable bonds is 6. The van der Waals surface area contributed by atoms with Crippen molar-refractivity contribution in [1.29, 1.82) is 0 Å². The number of hydrogen-bond acceptors (Lipinski definition) is 4. The van der Waals surface area contributed by atoms with Gasteiger partial charge in [0.15, 0.2) is 16.6 Å². The Kier molecular flexibility index (Phi) is 21.9. The number of aromatic hydroxyl groups is 2. The number of para-hydroxylation sites is 2. The largest absolute Gasteiger partial charge is 0.508 e. The van der Waals surface area contributed by atoms with Crippen molar-refractivity contribution >= 4 is 16.6 Å². The summed E-state index contributed by atoms with van der Waals surface area (Å²) in [6.45, 7) is 0. The van der Waals surface area contributed by atoms with Gasteiger partial charge in [-0.2, -0.15) is 0 Å². The molecule has 0 atom stereocenters. The van der Waals surface area contributed by atoms with E-state index in [-0.39, 0.29) is 26.2 Å². The molecule has 0 heterocycles. The SMILES string of the molecule is O[Si](C1CCCCC1)(C1CCCCC1)C1CCCCC1.O[Si](C1CCCCC1)(C1CCCCC1)C1CCCCC1.Oc1ccccc1.Oc1ccccc1.[Zr]. The molecule has 6 aliphatic carbocycles. The van der Waals surface area contributed by atoms with Crippen LogP contribution < -0.4 is 0 Å². The van der Waals surface area contributed by atoms with E-state index in [4.69, 9.17) is 10.2 Å². The minimum absolute atomic E-state index is 0. The maximum Gasteiger partial charge on any atom is 0.197 e. The normalized spacial score (nSPS) is 23.0. The van der Waals surface area contributed by atoms with Gasteiger partial charge in [0.1, 0.15) is 11.5 Å². The summed E-state index contributed by atoms with van der Waals surface area (Å²) in [6, 6.07) is 17.4. The first-order chi connectivity index (χ1) is 26.4. The van der Waals surface area contributed by atoms with Crippen molar-refractivity contribution in [3.05, 3.63) is 60.7 Å². The molecule has 2 aromatic carbocycles. The molecule has 2 aromatic rings. The average Bonchev–Trinajstić information content (AvgIpc) is 3.26. The summed E-state index contributed by atoms with van der Waals surface area (Å²) in [5.41, 5.74) is 4.60. The molecule has 4 N–H and O–H groups in total. The van der Waals surface area contributed by atoms with Crippen LogP contribution in [0.2, 0.25) is 33.2 Å². The fraction of sp³-hybridized carbons (Fsp3) is 0.750. The predicted molar refractivity (Wildman–Crippen MR) is 233 cm³/mol. The summed E-state index contributed by atoms with van der Waals surface area (Å²) in [5.74, 6) is 0.644. The van der Waals surface area contributed by atoms with Crippen molar-refractivity contribution < 1.29 is 46.0 Å². The van der Waals surface area contributed by atoms with E-state index in [9.17, 15) is 9.59 Å². The molecule has 4 nitrogen and oxygen atoms in total. The first-order valence-corrected chi connectivity index (χ1v) is 27.7. The van der Waals surface area contributed by atoms with Crippen molar-refractivity contribution in [3.63, 3.8) is 0 Å². The second-order valence-electron chi connectivity index (χ2n) is 18.5. The van der Waals surface area contributed by atoms with Gasteiger partial charge in [0.25, 0.3) is 0 Å². The van der Waals surface area contributed by atoms with Crippen LogP contribution in [-0.4, -0.2) is 36.4 Å². The third kappa shape index (κ3) is 14.2. The molecule has 0 aromatic heterocycles. The Morgan fingerprint density at radius 1 is 0.291 bits per heavy atom. The van der Waals surface area contributed by atoms with Gasteiger partial charge in [-0.1, -0.05) is 229 Å². The van der Waals surface area contributed by atoms with Gasteiger partial charge >= 0.3 is 0 Å². The Balaban J connectivity index is 0.000000180. The Morgan fingerprint density at radius 2 is 0.455 bits per heavy atom. The molecule has 8 rings (SSSR count). The van der Waals surface area contributed by atoms with Crippen molar-refractivity contribution in [2.45, 2.75) is 226 Å². The smallest absolute Gasteiger partial charge is 0.197 e. The standard InChI is InChI=1S/2C18H34OSi.2C6H6O.Zr/c2*19-20(16-10-4-1-5-11-16,17-12-6-2-7-13-17)18-14-8-3-9-15-18;2*7-6-4-2-1-3-5-6;/h2*16-19H,1-15H2;2*1-5,7H;. The third-order valence-electron chi connectivity index (χ3n) is 15.1. The van der Waals surface area contributed by atoms with Crippen LogP contribution in [0.1, 0.15) is 193 Å². The number of benzene rings is 2. The van der Waals surface area contributed by atoms with Crippen LogP contribution in [0.4, 0.5) is 0 Å². The Labute approximate surface area is 358 Å². The van der Waals surface area contributed by atoms with E-state index in [1.807, 2.05) is 12.1 Å². The Bertz CT molecular complexity index is 1040. The third-order valence-corrected chi connectivity index (χ3v) is 26.4. The topological polar surface area (TPSA) is 80.9 Å². The summed E-state index contributed by atoms with van der Waals surface area (Å²) >= 11 is 0. The van der Waals surface area contributed by atoms with Gasteiger partial charge < -0.3 is 19.8 Å². The second-order valence-corrected chi connectivity index (χ2v) is 26.9. The summed E-state index contributed by atoms with van der Waals surface area (Å²) in [7, 11) is -4.09. The predicted octanol–water partition coefficient (Wildman–Crippen LogP) is 14.6. The zero-order valence-electron chi connectivity index (χ0n) is 34.7. The van der Waals surface area contributed by atoms with Gasteiger partial charge in [-0.25, -0.2) is 0 Å². The molecule has 6 saturated carbocycles. The van der Waals surface area contributed by atoms with E-state index in [0.717, 1.165) is 33.2 Å². The van der Waals surface area contributed by atoms with Gasteiger partial charge in [-0.05, 0) is 57.5 Å². The molecule has 6 aliphatic rings. The van der Waals surface area contributed by atoms with E-state index in [2.05, 4.69) is 0 Å². The minimum atomic E-state index is -2.05. The van der Waals surface area contributed by atoms with Gasteiger partial charge in [0, 0.05) is 26.2 Å². The molecule has 0 amide bonds. The Hall–Kier alpha value is -0.723. The van der Waals surface area contributed by atoms with Gasteiger partial charge in [0.2, 0.25) is 0 Å². The fourth-order valence-corrected chi connectivity index (χ4v) is 24.2. The number of hydrogen-bond donors (Lipinski definition) is 4. The molecular weight excluding hydrogens is 788 g/mol. The van der Waals surface area contributed by atoms with Crippen LogP contribution in [0.3, 0.4) is 0 Å². The monoisotopic (exact) mass is 866 g/mol. The maximum absolute atomic E-state index is 12.0. The van der Waals surface area contributed by atoms with Crippen LogP contribution in [-0.2, 0) is 26.2 Å². The van der Waals surface area contributed by atoms with Crippen LogP contribution in [0.5, 0.6) is 11.5 Å². The molecule has 0 aliphatic heterocycles. The molecule has 7 heteroatoms. The van der Waals surface area contributed by atoms with E-state index in [1.165, 1.54) is 193 Å². The molecule has 55 heavy (non-hydrogen) atoms. The summed E-state index contributed by atoms with van der Waals surface area (Å²) < 4.78 is 0. The minimum Gasteiger partial charge on any atom is -0.508 e. The molecule has 0 bridgehead atoms. The molecule has 0 saturated heterocycles. The maximum atomic E-state index is 12.0. The second kappa shape index (κ2) is 25.7. The fourth-order valence-electron chi connectivity index (χ4n) is 12.2. The summed E-state index contributed by atoms with van der Waals surface area (Å²) in [5, 5.41) is 17.3. The van der Waals surface area contributed by atoms with Gasteiger partial charge in [-0.3, -0.25) is 0 Å². The molecular formula is C48H80O4Si2Zr. The molecule has 0 spiro atoms. The summed E-state index contributed by atoms with van der Waals surface area (Å²) in [6.07, 6.45) is 41.8. The van der Waals surface area contributed by atoms with Crippen LogP contribution in [0, 0.1) is 0 Å². The van der Waals surface area contributed by atoms with Crippen LogP contribution in [0.25, 0.3) is 0 Å². The molecule has 0 radical (unpaired) electrons. The van der Waals surface area contributed by atoms with E-state index in [1.54, 1.807) is 48.5 Å². The number of phenolic OH excluding ortho intramolecular Hbond substituents is 2. The average molecular weight is 869 g/mol. The first kappa shape index (κ1) is 47.0. The van der Waals surface area contributed by atoms with Crippen molar-refractivity contribution in [1.82, 2.24) is 0 Å². The zero-order valence-corrected chi connectivity index (χ0v) is 39.2. The van der Waals surface area contributed by atoms with Crippen molar-refractivity contribution in [3.8, 4) is 11.5 Å². The van der Waals surface area contributed by atoms with E-state index in [0.29, 0.717) is 11.5 Å².